The molecule has 0 amide bonds. The highest BCUT2D eigenvalue weighted by atomic mass is 32.2. The summed E-state index contributed by atoms with van der Waals surface area (Å²) < 4.78 is 29.6. The third-order valence-electron chi connectivity index (χ3n) is 2.79. The lowest BCUT2D eigenvalue weighted by Gasteiger charge is -2.13. The van der Waals surface area contributed by atoms with Gasteiger partial charge in [0.2, 0.25) is 0 Å². The molecule has 0 radical (unpaired) electrons. The van der Waals surface area contributed by atoms with Gasteiger partial charge in [0.1, 0.15) is 11.6 Å². The van der Waals surface area contributed by atoms with Gasteiger partial charge in [-0.2, -0.15) is 0 Å². The number of aryl methyl sites for hydroxylation is 2. The molecule has 1 aromatic rings. The minimum absolute atomic E-state index is 0.114. The topological polar surface area (TPSA) is 92.7 Å². The van der Waals surface area contributed by atoms with Crippen LogP contribution in [0.4, 0.5) is 0 Å². The van der Waals surface area contributed by atoms with Gasteiger partial charge in [-0.1, -0.05) is 0 Å². The van der Waals surface area contributed by atoms with Gasteiger partial charge >= 0.3 is 5.97 Å². The Morgan fingerprint density at radius 2 is 1.85 bits per heavy atom. The average molecular weight is 301 g/mol. The standard InChI is InChI=1S/C13H19NO5S/c1-9-6-11(19-3)7-10(2)13(9)20(17,18)8-14-5-4-12(15)16/h6-7,14H,4-5,8H2,1-3H3,(H,15,16). The fourth-order valence-corrected chi connectivity index (χ4v) is 3.65. The molecule has 0 aliphatic rings. The predicted molar refractivity (Wildman–Crippen MR) is 74.8 cm³/mol. The second-order valence-corrected chi connectivity index (χ2v) is 6.42. The number of carboxylic acid groups (broad SMARTS) is 1. The van der Waals surface area contributed by atoms with Gasteiger partial charge in [0.05, 0.1) is 18.4 Å². The number of hydrogen-bond donors (Lipinski definition) is 2. The Balaban J connectivity index is 2.90. The summed E-state index contributed by atoms with van der Waals surface area (Å²) in [4.78, 5) is 10.6. The summed E-state index contributed by atoms with van der Waals surface area (Å²) >= 11 is 0. The number of rotatable bonds is 7. The quantitative estimate of drug-likeness (QED) is 0.733. The molecule has 0 unspecified atom stereocenters. The van der Waals surface area contributed by atoms with Gasteiger partial charge in [-0.3, -0.25) is 4.79 Å². The monoisotopic (exact) mass is 301 g/mol. The van der Waals surface area contributed by atoms with Crippen LogP contribution in [0.3, 0.4) is 0 Å². The molecule has 0 heterocycles. The fourth-order valence-electron chi connectivity index (χ4n) is 1.99. The lowest BCUT2D eigenvalue weighted by molar-refractivity contribution is -0.136. The maximum atomic E-state index is 12.3. The van der Waals surface area contributed by atoms with Crippen LogP contribution in [0.5, 0.6) is 5.75 Å². The zero-order chi connectivity index (χ0) is 15.3. The van der Waals surface area contributed by atoms with Crippen LogP contribution in [0.2, 0.25) is 0 Å². The highest BCUT2D eigenvalue weighted by Crippen LogP contribution is 2.26. The van der Waals surface area contributed by atoms with Crippen LogP contribution in [0.25, 0.3) is 0 Å². The van der Waals surface area contributed by atoms with Crippen molar-refractivity contribution < 1.29 is 23.1 Å². The van der Waals surface area contributed by atoms with Crippen molar-refractivity contribution in [1.82, 2.24) is 5.32 Å². The van der Waals surface area contributed by atoms with Crippen LogP contribution in [0, 0.1) is 13.8 Å². The van der Waals surface area contributed by atoms with E-state index < -0.39 is 15.8 Å². The van der Waals surface area contributed by atoms with Crippen LogP contribution in [-0.2, 0) is 14.6 Å². The normalized spacial score (nSPS) is 11.3. The SMILES string of the molecule is COc1cc(C)c(S(=O)(=O)CNCCC(=O)O)c(C)c1. The maximum absolute atomic E-state index is 12.3. The van der Waals surface area contributed by atoms with Gasteiger partial charge < -0.3 is 15.2 Å². The fraction of sp³-hybridized carbons (Fsp3) is 0.462. The van der Waals surface area contributed by atoms with Crippen molar-refractivity contribution in [1.29, 1.82) is 0 Å². The number of hydrogen-bond acceptors (Lipinski definition) is 5. The number of benzene rings is 1. The molecule has 1 aromatic carbocycles. The number of methoxy groups -OCH3 is 1. The van der Waals surface area contributed by atoms with Crippen molar-refractivity contribution in [3.8, 4) is 5.75 Å². The molecule has 0 atom stereocenters. The zero-order valence-corrected chi connectivity index (χ0v) is 12.6. The molecule has 7 heteroatoms. The Bertz CT molecular complexity index is 572. The molecular formula is C13H19NO5S. The zero-order valence-electron chi connectivity index (χ0n) is 11.8. The van der Waals surface area contributed by atoms with E-state index in [2.05, 4.69) is 5.32 Å². The molecule has 0 spiro atoms. The Morgan fingerprint density at radius 1 is 1.30 bits per heavy atom. The lowest BCUT2D eigenvalue weighted by atomic mass is 10.1. The van der Waals surface area contributed by atoms with Crippen LogP contribution in [-0.4, -0.2) is 39.0 Å². The molecule has 20 heavy (non-hydrogen) atoms. The molecule has 0 fully saturated rings. The first kappa shape index (κ1) is 16.5. The Hall–Kier alpha value is -1.60. The molecule has 0 aliphatic heterocycles. The number of aliphatic carboxylic acids is 1. The number of sulfone groups is 1. The van der Waals surface area contributed by atoms with Crippen LogP contribution in [0.15, 0.2) is 17.0 Å². The van der Waals surface area contributed by atoms with E-state index in [1.165, 1.54) is 7.11 Å². The van der Waals surface area contributed by atoms with E-state index in [0.29, 0.717) is 16.9 Å². The van der Waals surface area contributed by atoms with E-state index in [9.17, 15) is 13.2 Å². The van der Waals surface area contributed by atoms with Crippen molar-refractivity contribution in [3.63, 3.8) is 0 Å². The van der Waals surface area contributed by atoms with Gasteiger partial charge in [0.25, 0.3) is 0 Å². The molecule has 0 aliphatic carbocycles. The highest BCUT2D eigenvalue weighted by Gasteiger charge is 2.20. The molecule has 0 saturated carbocycles. The minimum atomic E-state index is -3.50. The Morgan fingerprint density at radius 3 is 2.30 bits per heavy atom. The van der Waals surface area contributed by atoms with E-state index in [-0.39, 0.29) is 23.7 Å². The maximum Gasteiger partial charge on any atom is 0.304 e. The second-order valence-electron chi connectivity index (χ2n) is 4.49. The van der Waals surface area contributed by atoms with E-state index in [0.717, 1.165) is 0 Å². The Labute approximate surface area is 118 Å². The number of nitrogens with one attached hydrogen (secondary N) is 1. The van der Waals surface area contributed by atoms with Crippen molar-refractivity contribution in [3.05, 3.63) is 23.3 Å². The van der Waals surface area contributed by atoms with Crippen molar-refractivity contribution in [2.24, 2.45) is 0 Å². The highest BCUT2D eigenvalue weighted by molar-refractivity contribution is 7.91. The largest absolute Gasteiger partial charge is 0.497 e. The third-order valence-corrected chi connectivity index (χ3v) is 4.64. The summed E-state index contributed by atoms with van der Waals surface area (Å²) in [5.41, 5.74) is 1.23. The average Bonchev–Trinajstić information content (AvgIpc) is 2.33. The predicted octanol–water partition coefficient (Wildman–Crippen LogP) is 1.11. The lowest BCUT2D eigenvalue weighted by Crippen LogP contribution is -2.26. The first-order chi connectivity index (χ1) is 9.27. The summed E-state index contributed by atoms with van der Waals surface area (Å²) in [5.74, 6) is -0.640. The van der Waals surface area contributed by atoms with Crippen LogP contribution < -0.4 is 10.1 Å². The number of carbonyl (C=O) groups is 1. The third kappa shape index (κ3) is 4.21. The summed E-state index contributed by atoms with van der Waals surface area (Å²) in [6, 6.07) is 3.33. The van der Waals surface area contributed by atoms with Crippen molar-refractivity contribution in [2.45, 2.75) is 25.2 Å². The van der Waals surface area contributed by atoms with Crippen LogP contribution in [0.1, 0.15) is 17.5 Å². The second kappa shape index (κ2) is 6.71. The van der Waals surface area contributed by atoms with Gasteiger partial charge in [0, 0.05) is 6.54 Å². The van der Waals surface area contributed by atoms with Crippen molar-refractivity contribution >= 4 is 15.8 Å². The van der Waals surface area contributed by atoms with E-state index >= 15 is 0 Å². The number of ether oxygens (including phenoxy) is 1. The first-order valence-electron chi connectivity index (χ1n) is 6.08. The van der Waals surface area contributed by atoms with Crippen LogP contribution >= 0.6 is 0 Å². The van der Waals surface area contributed by atoms with Gasteiger partial charge in [-0.15, -0.1) is 0 Å². The van der Waals surface area contributed by atoms with E-state index in [1.807, 2.05) is 0 Å². The van der Waals surface area contributed by atoms with Gasteiger partial charge in [-0.05, 0) is 37.1 Å². The molecular weight excluding hydrogens is 282 g/mol. The van der Waals surface area contributed by atoms with E-state index in [4.69, 9.17) is 9.84 Å². The molecule has 0 saturated heterocycles. The summed E-state index contributed by atoms with van der Waals surface area (Å²) in [7, 11) is -1.98. The summed E-state index contributed by atoms with van der Waals surface area (Å²) in [5, 5.41) is 11.1. The molecule has 1 rings (SSSR count). The van der Waals surface area contributed by atoms with Gasteiger partial charge in [-0.25, -0.2) is 8.42 Å². The molecule has 0 bridgehead atoms. The van der Waals surface area contributed by atoms with Gasteiger partial charge in [0.15, 0.2) is 9.84 Å². The molecule has 6 nitrogen and oxygen atoms in total. The smallest absolute Gasteiger partial charge is 0.304 e. The molecule has 2 N–H and O–H groups in total. The minimum Gasteiger partial charge on any atom is -0.497 e. The molecule has 0 aromatic heterocycles. The van der Waals surface area contributed by atoms with E-state index in [1.54, 1.807) is 26.0 Å². The first-order valence-corrected chi connectivity index (χ1v) is 7.73. The summed E-state index contributed by atoms with van der Waals surface area (Å²) in [6.45, 7) is 3.53. The van der Waals surface area contributed by atoms with Crippen molar-refractivity contribution in [2.75, 3.05) is 19.5 Å². The Kier molecular flexibility index (Phi) is 5.52. The number of carboxylic acids is 1. The molecule has 112 valence electrons. The summed E-state index contributed by atoms with van der Waals surface area (Å²) in [6.07, 6.45) is -0.115.